The van der Waals surface area contributed by atoms with E-state index in [0.717, 1.165) is 25.7 Å². The number of hydrogen-bond donors (Lipinski definition) is 1. The Kier molecular flexibility index (Phi) is 17.8. The van der Waals surface area contributed by atoms with E-state index in [4.69, 9.17) is 4.18 Å². The normalized spacial score (nSPS) is 13.2. The average molecular weight is 395 g/mol. The molecular formula is C20H42O3S2. The summed E-state index contributed by atoms with van der Waals surface area (Å²) in [6.07, 6.45) is 18.4. The van der Waals surface area contributed by atoms with Crippen molar-refractivity contribution in [3.63, 3.8) is 0 Å². The maximum Gasteiger partial charge on any atom is 0.279 e. The Hall–Kier alpha value is 0.260. The van der Waals surface area contributed by atoms with Gasteiger partial charge < -0.3 is 0 Å². The van der Waals surface area contributed by atoms with Crippen LogP contribution in [0.2, 0.25) is 0 Å². The van der Waals surface area contributed by atoms with Crippen molar-refractivity contribution in [3.8, 4) is 0 Å². The zero-order valence-electron chi connectivity index (χ0n) is 16.7. The summed E-state index contributed by atoms with van der Waals surface area (Å²) in [4.78, 5) is 0. The zero-order valence-corrected chi connectivity index (χ0v) is 18.4. The van der Waals surface area contributed by atoms with Gasteiger partial charge in [-0.05, 0) is 12.8 Å². The fourth-order valence-corrected chi connectivity index (χ4v) is 4.24. The average Bonchev–Trinajstić information content (AvgIpc) is 2.59. The highest BCUT2D eigenvalue weighted by molar-refractivity contribution is 8.02. The lowest BCUT2D eigenvalue weighted by atomic mass is 10.1. The van der Waals surface area contributed by atoms with Crippen LogP contribution in [0.4, 0.5) is 0 Å². The van der Waals surface area contributed by atoms with Crippen LogP contribution in [0.3, 0.4) is 0 Å². The molecule has 152 valence electrons. The van der Waals surface area contributed by atoms with Crippen LogP contribution in [-0.4, -0.2) is 19.6 Å². The van der Waals surface area contributed by atoms with Gasteiger partial charge in [0.25, 0.3) is 10.1 Å². The first-order valence-electron chi connectivity index (χ1n) is 10.6. The molecule has 0 rings (SSSR count). The predicted molar refractivity (Wildman–Crippen MR) is 113 cm³/mol. The van der Waals surface area contributed by atoms with Crippen molar-refractivity contribution >= 4 is 22.7 Å². The van der Waals surface area contributed by atoms with Crippen LogP contribution >= 0.6 is 12.6 Å². The van der Waals surface area contributed by atoms with E-state index in [2.05, 4.69) is 26.5 Å². The van der Waals surface area contributed by atoms with Crippen molar-refractivity contribution in [3.05, 3.63) is 0 Å². The summed E-state index contributed by atoms with van der Waals surface area (Å²) in [5, 5.41) is 0. The van der Waals surface area contributed by atoms with E-state index in [0.29, 0.717) is 13.0 Å². The van der Waals surface area contributed by atoms with Crippen LogP contribution in [-0.2, 0) is 14.3 Å². The van der Waals surface area contributed by atoms with Crippen LogP contribution in [0, 0.1) is 0 Å². The Balaban J connectivity index is 3.57. The topological polar surface area (TPSA) is 43.4 Å². The smallest absolute Gasteiger partial charge is 0.269 e. The van der Waals surface area contributed by atoms with E-state index < -0.39 is 14.7 Å². The van der Waals surface area contributed by atoms with Crippen LogP contribution < -0.4 is 0 Å². The van der Waals surface area contributed by atoms with E-state index in [9.17, 15) is 8.42 Å². The lowest BCUT2D eigenvalue weighted by Gasteiger charge is -2.12. The number of hydrogen-bond acceptors (Lipinski definition) is 4. The summed E-state index contributed by atoms with van der Waals surface area (Å²) < 4.78 is 28.6. The molecule has 0 aliphatic heterocycles. The Morgan fingerprint density at radius 3 is 1.56 bits per heavy atom. The van der Waals surface area contributed by atoms with Gasteiger partial charge in [0.2, 0.25) is 0 Å². The Labute approximate surface area is 163 Å². The van der Waals surface area contributed by atoms with Gasteiger partial charge in [0.1, 0.15) is 4.58 Å². The first-order chi connectivity index (χ1) is 12.0. The molecule has 1 atom stereocenters. The summed E-state index contributed by atoms with van der Waals surface area (Å²) in [5.74, 6) is 0. The lowest BCUT2D eigenvalue weighted by molar-refractivity contribution is 0.304. The van der Waals surface area contributed by atoms with Crippen LogP contribution in [0.25, 0.3) is 0 Å². The predicted octanol–water partition coefficient (Wildman–Crippen LogP) is 6.87. The molecule has 1 unspecified atom stereocenters. The quantitative estimate of drug-likeness (QED) is 0.148. The van der Waals surface area contributed by atoms with Gasteiger partial charge in [-0.15, -0.1) is 0 Å². The molecule has 0 fully saturated rings. The van der Waals surface area contributed by atoms with Gasteiger partial charge in [-0.25, -0.2) is 0 Å². The van der Waals surface area contributed by atoms with Gasteiger partial charge in [-0.3, -0.25) is 4.18 Å². The second kappa shape index (κ2) is 17.7. The minimum absolute atomic E-state index is 0.311. The summed E-state index contributed by atoms with van der Waals surface area (Å²) in [7, 11) is -3.50. The minimum atomic E-state index is -3.50. The van der Waals surface area contributed by atoms with E-state index in [1.807, 2.05) is 0 Å². The van der Waals surface area contributed by atoms with Gasteiger partial charge in [0, 0.05) is 0 Å². The highest BCUT2D eigenvalue weighted by Gasteiger charge is 2.21. The lowest BCUT2D eigenvalue weighted by Crippen LogP contribution is -2.19. The van der Waals surface area contributed by atoms with Crippen LogP contribution in [0.5, 0.6) is 0 Å². The Morgan fingerprint density at radius 2 is 1.08 bits per heavy atom. The Morgan fingerprint density at radius 1 is 0.680 bits per heavy atom. The third-order valence-corrected chi connectivity index (χ3v) is 7.06. The van der Waals surface area contributed by atoms with Crippen LogP contribution in [0.1, 0.15) is 117 Å². The maximum atomic E-state index is 12.0. The van der Waals surface area contributed by atoms with E-state index in [-0.39, 0.29) is 0 Å². The Bertz CT molecular complexity index is 369. The molecule has 0 spiro atoms. The zero-order chi connectivity index (χ0) is 18.8. The first-order valence-corrected chi connectivity index (χ1v) is 12.6. The van der Waals surface area contributed by atoms with E-state index >= 15 is 0 Å². The molecule has 0 aromatic carbocycles. The summed E-state index contributed by atoms with van der Waals surface area (Å²) >= 11 is 4.25. The van der Waals surface area contributed by atoms with Crippen molar-refractivity contribution in [2.75, 3.05) is 6.61 Å². The highest BCUT2D eigenvalue weighted by Crippen LogP contribution is 2.18. The van der Waals surface area contributed by atoms with Crippen molar-refractivity contribution in [2.45, 2.75) is 121 Å². The molecule has 3 nitrogen and oxygen atoms in total. The van der Waals surface area contributed by atoms with Gasteiger partial charge >= 0.3 is 0 Å². The molecule has 0 N–H and O–H groups in total. The molecule has 0 saturated carbocycles. The maximum absolute atomic E-state index is 12.0. The number of rotatable bonds is 19. The van der Waals surface area contributed by atoms with Crippen molar-refractivity contribution < 1.29 is 12.6 Å². The first kappa shape index (κ1) is 25.3. The van der Waals surface area contributed by atoms with Crippen molar-refractivity contribution in [2.24, 2.45) is 0 Å². The molecular weight excluding hydrogens is 352 g/mol. The molecule has 0 aromatic heterocycles. The van der Waals surface area contributed by atoms with Crippen molar-refractivity contribution in [1.82, 2.24) is 0 Å². The molecule has 0 bridgehead atoms. The fourth-order valence-electron chi connectivity index (χ4n) is 2.91. The van der Waals surface area contributed by atoms with Gasteiger partial charge in [-0.1, -0.05) is 104 Å². The summed E-state index contributed by atoms with van der Waals surface area (Å²) in [6, 6.07) is 0. The van der Waals surface area contributed by atoms with E-state index in [1.165, 1.54) is 70.6 Å². The number of unbranched alkanes of at least 4 members (excludes halogenated alkanes) is 13. The minimum Gasteiger partial charge on any atom is -0.269 e. The molecule has 0 aliphatic carbocycles. The second-order valence-corrected chi connectivity index (χ2v) is 9.92. The third kappa shape index (κ3) is 16.2. The monoisotopic (exact) mass is 394 g/mol. The number of thiol groups is 1. The second-order valence-electron chi connectivity index (χ2n) is 7.15. The van der Waals surface area contributed by atoms with Crippen LogP contribution in [0.15, 0.2) is 0 Å². The summed E-state index contributed by atoms with van der Waals surface area (Å²) in [5.41, 5.74) is 0. The van der Waals surface area contributed by atoms with Gasteiger partial charge in [-0.2, -0.15) is 21.0 Å². The molecule has 0 aliphatic rings. The molecule has 0 amide bonds. The third-order valence-electron chi connectivity index (χ3n) is 4.63. The van der Waals surface area contributed by atoms with Gasteiger partial charge in [0.15, 0.2) is 0 Å². The van der Waals surface area contributed by atoms with E-state index in [1.54, 1.807) is 0 Å². The SMILES string of the molecule is CCCCCCCCCCOS(=O)(=O)C(S)CCCCCCCCC. The standard InChI is InChI=1S/C20H42O3S2/c1-3-5-7-9-11-13-15-17-19-23-25(21,22)20(24)18-16-14-12-10-8-6-4-2/h20,24H,3-19H2,1-2H3. The molecule has 0 aromatic rings. The molecule has 5 heteroatoms. The van der Waals surface area contributed by atoms with Crippen molar-refractivity contribution in [1.29, 1.82) is 0 Å². The van der Waals surface area contributed by atoms with Gasteiger partial charge in [0.05, 0.1) is 6.61 Å². The molecule has 0 radical (unpaired) electrons. The molecule has 0 saturated heterocycles. The highest BCUT2D eigenvalue weighted by atomic mass is 32.3. The largest absolute Gasteiger partial charge is 0.279 e. The fraction of sp³-hybridized carbons (Fsp3) is 1.00. The molecule has 0 heterocycles. The molecule has 25 heavy (non-hydrogen) atoms. The summed E-state index contributed by atoms with van der Waals surface area (Å²) in [6.45, 7) is 4.75.